The highest BCUT2D eigenvalue weighted by Crippen LogP contribution is 2.36. The van der Waals surface area contributed by atoms with E-state index in [0.717, 1.165) is 27.9 Å². The molecule has 0 spiro atoms. The van der Waals surface area contributed by atoms with Crippen molar-refractivity contribution in [3.05, 3.63) is 0 Å². The SMILES string of the molecule is COC(=O)[C@H]1O[C@H](C(=N)C(Cl)(Cl)Cl)[C@H](OC(C)=O)[C@@H](OC(C)=O)[C@@H]1OC(C)=O. The van der Waals surface area contributed by atoms with Crippen LogP contribution < -0.4 is 0 Å². The summed E-state index contributed by atoms with van der Waals surface area (Å²) >= 11 is 17.2. The van der Waals surface area contributed by atoms with E-state index < -0.39 is 63.9 Å². The fourth-order valence-electron chi connectivity index (χ4n) is 2.51. The van der Waals surface area contributed by atoms with Gasteiger partial charge in [-0.2, -0.15) is 0 Å². The molecule has 0 bridgehead atoms. The summed E-state index contributed by atoms with van der Waals surface area (Å²) < 4.78 is 23.1. The molecule has 0 aromatic heterocycles. The maximum Gasteiger partial charge on any atom is 0.339 e. The summed E-state index contributed by atoms with van der Waals surface area (Å²) in [5.41, 5.74) is -0.712. The fraction of sp³-hybridized carbons (Fsp3) is 0.667. The molecule has 5 atom stereocenters. The third kappa shape index (κ3) is 6.20. The van der Waals surface area contributed by atoms with Crippen LogP contribution in [0.2, 0.25) is 0 Å². The van der Waals surface area contributed by atoms with E-state index in [2.05, 4.69) is 4.74 Å². The quantitative estimate of drug-likeness (QED) is 0.275. The minimum absolute atomic E-state index is 0.712. The van der Waals surface area contributed by atoms with Crippen molar-refractivity contribution >= 4 is 64.4 Å². The molecule has 0 amide bonds. The molecule has 28 heavy (non-hydrogen) atoms. The molecule has 1 fully saturated rings. The van der Waals surface area contributed by atoms with Gasteiger partial charge >= 0.3 is 23.9 Å². The van der Waals surface area contributed by atoms with Gasteiger partial charge in [-0.15, -0.1) is 0 Å². The predicted molar refractivity (Wildman–Crippen MR) is 95.4 cm³/mol. The Bertz CT molecular complexity index is 664. The van der Waals surface area contributed by atoms with Gasteiger partial charge in [-0.25, -0.2) is 4.79 Å². The van der Waals surface area contributed by atoms with Gasteiger partial charge in [-0.05, 0) is 0 Å². The third-order valence-corrected chi connectivity index (χ3v) is 4.08. The van der Waals surface area contributed by atoms with E-state index in [1.807, 2.05) is 0 Å². The molecule has 1 N–H and O–H groups in total. The van der Waals surface area contributed by atoms with E-state index in [9.17, 15) is 19.2 Å². The molecule has 0 aromatic rings. The summed E-state index contributed by atoms with van der Waals surface area (Å²) in [6.45, 7) is 3.11. The van der Waals surface area contributed by atoms with Crippen LogP contribution in [0, 0.1) is 5.41 Å². The van der Waals surface area contributed by atoms with Gasteiger partial charge < -0.3 is 29.1 Å². The molecule has 0 saturated carbocycles. The van der Waals surface area contributed by atoms with Crippen LogP contribution in [0.5, 0.6) is 0 Å². The van der Waals surface area contributed by atoms with Crippen molar-refractivity contribution in [1.82, 2.24) is 0 Å². The number of rotatable bonds is 5. The summed E-state index contributed by atoms with van der Waals surface area (Å²) in [6, 6.07) is 0. The smallest absolute Gasteiger partial charge is 0.339 e. The van der Waals surface area contributed by atoms with Gasteiger partial charge in [-0.3, -0.25) is 14.4 Å². The Morgan fingerprint density at radius 2 is 1.21 bits per heavy atom. The number of methoxy groups -OCH3 is 1. The number of nitrogens with one attached hydrogen (secondary N) is 1. The van der Waals surface area contributed by atoms with Crippen LogP contribution in [-0.4, -0.2) is 71.0 Å². The van der Waals surface area contributed by atoms with Crippen molar-refractivity contribution < 1.29 is 42.9 Å². The molecule has 0 radical (unpaired) electrons. The molecule has 0 aromatic carbocycles. The summed E-state index contributed by atoms with van der Waals surface area (Å²) in [7, 11) is 1.03. The van der Waals surface area contributed by atoms with Crippen molar-refractivity contribution in [3.8, 4) is 0 Å². The molecule has 0 unspecified atom stereocenters. The molecule has 1 aliphatic rings. The molecule has 158 valence electrons. The first-order chi connectivity index (χ1) is 12.8. The van der Waals surface area contributed by atoms with Crippen LogP contribution in [-0.2, 0) is 42.9 Å². The maximum absolute atomic E-state index is 12.2. The van der Waals surface area contributed by atoms with Crippen LogP contribution in [0.3, 0.4) is 0 Å². The Morgan fingerprint density at radius 3 is 1.57 bits per heavy atom. The largest absolute Gasteiger partial charge is 0.467 e. The predicted octanol–water partition coefficient (Wildman–Crippen LogP) is 1.11. The lowest BCUT2D eigenvalue weighted by Crippen LogP contribution is -2.65. The molecule has 13 heteroatoms. The number of halogens is 3. The molecular formula is C15H18Cl3NO9. The number of hydrogen-bond donors (Lipinski definition) is 1. The van der Waals surface area contributed by atoms with Gasteiger partial charge in [0.05, 0.1) is 12.8 Å². The molecule has 1 rings (SSSR count). The highest BCUT2D eigenvalue weighted by Gasteiger charge is 2.57. The van der Waals surface area contributed by atoms with E-state index in [4.69, 9.17) is 59.2 Å². The number of carbonyl (C=O) groups excluding carboxylic acids is 4. The van der Waals surface area contributed by atoms with Gasteiger partial charge in [-0.1, -0.05) is 34.8 Å². The molecule has 1 saturated heterocycles. The Labute approximate surface area is 175 Å². The normalized spacial score (nSPS) is 27.3. The van der Waals surface area contributed by atoms with E-state index in [0.29, 0.717) is 0 Å². The Morgan fingerprint density at radius 1 is 0.821 bits per heavy atom. The second-order valence-corrected chi connectivity index (χ2v) is 7.92. The fourth-order valence-corrected chi connectivity index (χ4v) is 2.83. The highest BCUT2D eigenvalue weighted by atomic mass is 35.6. The lowest BCUT2D eigenvalue weighted by atomic mass is 9.91. The second kappa shape index (κ2) is 9.73. The molecule has 10 nitrogen and oxygen atoms in total. The molecule has 1 aliphatic heterocycles. The zero-order valence-electron chi connectivity index (χ0n) is 15.2. The van der Waals surface area contributed by atoms with Gasteiger partial charge in [0.15, 0.2) is 24.4 Å². The monoisotopic (exact) mass is 461 g/mol. The topological polar surface area (TPSA) is 138 Å². The standard InChI is InChI=1S/C15H18Cl3NO9/c1-5(20)25-8-9(26-6(2)21)11(13(19)15(16,17)18)28-12(14(23)24-4)10(8)27-7(3)22/h8-12,19H,1-4H3/t8-,9-,10+,11+,12+/m1/s1. The lowest BCUT2D eigenvalue weighted by Gasteiger charge is -2.44. The minimum Gasteiger partial charge on any atom is -0.467 e. The summed E-state index contributed by atoms with van der Waals surface area (Å²) in [4.78, 5) is 46.9. The molecule has 0 aliphatic carbocycles. The Balaban J connectivity index is 3.53. The van der Waals surface area contributed by atoms with E-state index >= 15 is 0 Å². The first-order valence-corrected chi connectivity index (χ1v) is 8.83. The van der Waals surface area contributed by atoms with Crippen LogP contribution in [0.4, 0.5) is 0 Å². The molecule has 1 heterocycles. The van der Waals surface area contributed by atoms with Gasteiger partial charge in [0, 0.05) is 20.8 Å². The number of esters is 4. The summed E-state index contributed by atoms with van der Waals surface area (Å²) in [5, 5.41) is 8.06. The van der Waals surface area contributed by atoms with E-state index in [1.165, 1.54) is 0 Å². The van der Waals surface area contributed by atoms with E-state index in [-0.39, 0.29) is 0 Å². The van der Waals surface area contributed by atoms with E-state index in [1.54, 1.807) is 0 Å². The van der Waals surface area contributed by atoms with Gasteiger partial charge in [0.1, 0.15) is 6.10 Å². The van der Waals surface area contributed by atoms with Crippen molar-refractivity contribution in [3.63, 3.8) is 0 Å². The molecular weight excluding hydrogens is 445 g/mol. The minimum atomic E-state index is -2.31. The van der Waals surface area contributed by atoms with Crippen LogP contribution in [0.15, 0.2) is 0 Å². The highest BCUT2D eigenvalue weighted by molar-refractivity contribution is 6.76. The number of carbonyl (C=O) groups is 4. The maximum atomic E-state index is 12.2. The first-order valence-electron chi connectivity index (χ1n) is 7.70. The average Bonchev–Trinajstić information content (AvgIpc) is 2.54. The van der Waals surface area contributed by atoms with Crippen molar-refractivity contribution in [2.45, 2.75) is 55.1 Å². The summed E-state index contributed by atoms with van der Waals surface area (Å²) in [5.74, 6) is -3.59. The lowest BCUT2D eigenvalue weighted by molar-refractivity contribution is -0.238. The van der Waals surface area contributed by atoms with Gasteiger partial charge in [0.2, 0.25) is 3.79 Å². The third-order valence-electron chi connectivity index (χ3n) is 3.47. The van der Waals surface area contributed by atoms with Crippen molar-refractivity contribution in [2.75, 3.05) is 7.11 Å². The Kier molecular flexibility index (Phi) is 8.48. The zero-order chi connectivity index (χ0) is 21.8. The summed E-state index contributed by atoms with van der Waals surface area (Å²) in [6.07, 6.45) is -7.97. The number of hydrogen-bond acceptors (Lipinski definition) is 10. The second-order valence-electron chi connectivity index (χ2n) is 5.63. The van der Waals surface area contributed by atoms with Crippen LogP contribution >= 0.6 is 34.8 Å². The Hall–Kier alpha value is -1.62. The first kappa shape index (κ1) is 24.4. The van der Waals surface area contributed by atoms with Crippen LogP contribution in [0.1, 0.15) is 20.8 Å². The van der Waals surface area contributed by atoms with Crippen LogP contribution in [0.25, 0.3) is 0 Å². The van der Waals surface area contributed by atoms with Crippen molar-refractivity contribution in [2.24, 2.45) is 0 Å². The average molecular weight is 463 g/mol. The number of alkyl halides is 3. The van der Waals surface area contributed by atoms with Crippen molar-refractivity contribution in [1.29, 1.82) is 5.41 Å². The number of ether oxygens (including phenoxy) is 5. The zero-order valence-corrected chi connectivity index (χ0v) is 17.5. The van der Waals surface area contributed by atoms with Gasteiger partial charge in [0.25, 0.3) is 0 Å².